The lowest BCUT2D eigenvalue weighted by Gasteiger charge is -2.32. The van der Waals surface area contributed by atoms with E-state index in [9.17, 15) is 4.79 Å². The topological polar surface area (TPSA) is 61.4 Å². The number of rotatable bonds is 6. The average molecular weight is 478 g/mol. The number of benzene rings is 1. The molecule has 0 radical (unpaired) electrons. The number of nitrogens with one attached hydrogen (secondary N) is 1. The summed E-state index contributed by atoms with van der Waals surface area (Å²) < 4.78 is 0. The lowest BCUT2D eigenvalue weighted by molar-refractivity contribution is -0.120. The first-order valence-electron chi connectivity index (χ1n) is 12.7. The highest BCUT2D eigenvalue weighted by Crippen LogP contribution is 2.32. The van der Waals surface area contributed by atoms with Crippen LogP contribution in [0, 0.1) is 11.8 Å². The van der Waals surface area contributed by atoms with Crippen LogP contribution in [-0.2, 0) is 17.8 Å². The molecule has 1 N–H and O–H groups in total. The standard InChI is InChI=1S/C27H35N5OS/c1-3-23-16-24-25(28-18-29-27(24)34-23)32-14-10-21(11-15-32)26(33)30-22-6-4-20(5-7-22)17-31-12-8-19(2)9-13-31/h4-7,16,18-19,21H,3,8-15,17H2,1-2H3,(H,30,33). The number of likely N-dealkylation sites (tertiary alicyclic amines) is 1. The van der Waals surface area contributed by atoms with Crippen LogP contribution in [0.1, 0.15) is 50.0 Å². The molecular weight excluding hydrogens is 442 g/mol. The molecule has 6 nitrogen and oxygen atoms in total. The van der Waals surface area contributed by atoms with Crippen LogP contribution in [-0.4, -0.2) is 47.0 Å². The Balaban J connectivity index is 1.14. The molecular formula is C27H35N5OS. The van der Waals surface area contributed by atoms with Gasteiger partial charge in [-0.25, -0.2) is 9.97 Å². The first-order valence-corrected chi connectivity index (χ1v) is 13.5. The Hall–Kier alpha value is -2.51. The number of hydrogen-bond acceptors (Lipinski definition) is 6. The van der Waals surface area contributed by atoms with Crippen LogP contribution in [0.15, 0.2) is 36.7 Å². The molecule has 2 aliphatic heterocycles. The summed E-state index contributed by atoms with van der Waals surface area (Å²) in [5.74, 6) is 2.04. The Morgan fingerprint density at radius 2 is 1.79 bits per heavy atom. The fourth-order valence-electron chi connectivity index (χ4n) is 5.09. The SMILES string of the molecule is CCc1cc2c(N3CCC(C(=O)Nc4ccc(CN5CCC(C)CC5)cc4)CC3)ncnc2s1. The van der Waals surface area contributed by atoms with Gasteiger partial charge in [-0.1, -0.05) is 26.0 Å². The first kappa shape index (κ1) is 23.2. The van der Waals surface area contributed by atoms with Crippen LogP contribution < -0.4 is 10.2 Å². The molecule has 0 spiro atoms. The lowest BCUT2D eigenvalue weighted by Crippen LogP contribution is -2.38. The summed E-state index contributed by atoms with van der Waals surface area (Å²) in [6.07, 6.45) is 6.95. The van der Waals surface area contributed by atoms with Crippen LogP contribution in [0.25, 0.3) is 10.2 Å². The molecule has 2 aliphatic rings. The van der Waals surface area contributed by atoms with Gasteiger partial charge in [0, 0.05) is 36.1 Å². The maximum atomic E-state index is 12.9. The molecule has 2 aromatic heterocycles. The molecule has 0 unspecified atom stereocenters. The zero-order valence-corrected chi connectivity index (χ0v) is 21.1. The summed E-state index contributed by atoms with van der Waals surface area (Å²) in [6, 6.07) is 10.6. The molecule has 5 rings (SSSR count). The number of aromatic nitrogens is 2. The second kappa shape index (κ2) is 10.4. The Morgan fingerprint density at radius 3 is 2.50 bits per heavy atom. The van der Waals surface area contributed by atoms with Crippen molar-refractivity contribution in [2.75, 3.05) is 36.4 Å². The number of anilines is 2. The fourth-order valence-corrected chi connectivity index (χ4v) is 6.02. The van der Waals surface area contributed by atoms with E-state index in [2.05, 4.69) is 69.3 Å². The van der Waals surface area contributed by atoms with Crippen molar-refractivity contribution < 1.29 is 4.79 Å². The number of amides is 1. The van der Waals surface area contributed by atoms with Gasteiger partial charge in [-0.15, -0.1) is 11.3 Å². The third-order valence-corrected chi connectivity index (χ3v) is 8.56. The minimum absolute atomic E-state index is 0.0391. The van der Waals surface area contributed by atoms with Crippen LogP contribution in [0.4, 0.5) is 11.5 Å². The highest BCUT2D eigenvalue weighted by molar-refractivity contribution is 7.18. The van der Waals surface area contributed by atoms with Gasteiger partial charge in [0.05, 0.1) is 5.39 Å². The van der Waals surface area contributed by atoms with Gasteiger partial charge in [-0.2, -0.15) is 0 Å². The molecule has 3 aromatic rings. The summed E-state index contributed by atoms with van der Waals surface area (Å²) >= 11 is 1.75. The van der Waals surface area contributed by atoms with Crippen molar-refractivity contribution in [3.8, 4) is 0 Å². The summed E-state index contributed by atoms with van der Waals surface area (Å²) in [6.45, 7) is 9.57. The van der Waals surface area contributed by atoms with Gasteiger partial charge >= 0.3 is 0 Å². The Morgan fingerprint density at radius 1 is 1.06 bits per heavy atom. The molecule has 7 heteroatoms. The quantitative estimate of drug-likeness (QED) is 0.519. The zero-order chi connectivity index (χ0) is 23.5. The Kier molecular flexibility index (Phi) is 7.11. The number of hydrogen-bond donors (Lipinski definition) is 1. The second-order valence-electron chi connectivity index (χ2n) is 9.89. The van der Waals surface area contributed by atoms with E-state index >= 15 is 0 Å². The van der Waals surface area contributed by atoms with Crippen molar-refractivity contribution in [2.24, 2.45) is 11.8 Å². The Bertz CT molecular complexity index is 1110. The maximum Gasteiger partial charge on any atom is 0.227 e. The van der Waals surface area contributed by atoms with E-state index in [0.29, 0.717) is 0 Å². The molecule has 2 saturated heterocycles. The molecule has 34 heavy (non-hydrogen) atoms. The number of carbonyl (C=O) groups excluding carboxylic acids is 1. The molecule has 1 aromatic carbocycles. The van der Waals surface area contributed by atoms with Crippen molar-refractivity contribution in [1.29, 1.82) is 0 Å². The van der Waals surface area contributed by atoms with E-state index in [1.54, 1.807) is 17.7 Å². The van der Waals surface area contributed by atoms with Crippen LogP contribution >= 0.6 is 11.3 Å². The summed E-state index contributed by atoms with van der Waals surface area (Å²) in [7, 11) is 0. The van der Waals surface area contributed by atoms with Crippen molar-refractivity contribution in [2.45, 2.75) is 52.5 Å². The second-order valence-corrected chi connectivity index (χ2v) is 11.0. The van der Waals surface area contributed by atoms with Crippen LogP contribution in [0.2, 0.25) is 0 Å². The minimum Gasteiger partial charge on any atom is -0.356 e. The number of aryl methyl sites for hydroxylation is 1. The third-order valence-electron chi connectivity index (χ3n) is 7.38. The molecule has 2 fully saturated rings. The van der Waals surface area contributed by atoms with Crippen molar-refractivity contribution in [3.05, 3.63) is 47.1 Å². The molecule has 0 atom stereocenters. The average Bonchev–Trinajstić information content (AvgIpc) is 3.30. The van der Waals surface area contributed by atoms with Gasteiger partial charge in [0.2, 0.25) is 5.91 Å². The van der Waals surface area contributed by atoms with E-state index in [-0.39, 0.29) is 11.8 Å². The lowest BCUT2D eigenvalue weighted by atomic mass is 9.95. The molecule has 1 amide bonds. The van der Waals surface area contributed by atoms with Gasteiger partial charge in [-0.3, -0.25) is 9.69 Å². The van der Waals surface area contributed by atoms with E-state index in [0.717, 1.165) is 66.5 Å². The predicted molar refractivity (Wildman–Crippen MR) is 140 cm³/mol. The van der Waals surface area contributed by atoms with E-state index in [1.165, 1.54) is 36.4 Å². The number of fused-ring (bicyclic) bond motifs is 1. The fraction of sp³-hybridized carbons (Fsp3) is 0.519. The van der Waals surface area contributed by atoms with Gasteiger partial charge in [-0.05, 0) is 74.9 Å². The van der Waals surface area contributed by atoms with E-state index in [1.807, 2.05) is 0 Å². The molecule has 4 heterocycles. The molecule has 0 bridgehead atoms. The van der Waals surface area contributed by atoms with Gasteiger partial charge < -0.3 is 10.2 Å². The summed E-state index contributed by atoms with van der Waals surface area (Å²) in [4.78, 5) is 29.2. The maximum absolute atomic E-state index is 12.9. The van der Waals surface area contributed by atoms with E-state index < -0.39 is 0 Å². The minimum atomic E-state index is 0.0391. The molecule has 180 valence electrons. The van der Waals surface area contributed by atoms with E-state index in [4.69, 9.17) is 0 Å². The highest BCUT2D eigenvalue weighted by atomic mass is 32.1. The number of piperidine rings is 2. The van der Waals surface area contributed by atoms with Crippen molar-refractivity contribution >= 4 is 39.0 Å². The smallest absolute Gasteiger partial charge is 0.227 e. The van der Waals surface area contributed by atoms with Crippen LogP contribution in [0.3, 0.4) is 0 Å². The summed E-state index contributed by atoms with van der Waals surface area (Å²) in [5, 5.41) is 4.29. The normalized spacial score (nSPS) is 18.5. The highest BCUT2D eigenvalue weighted by Gasteiger charge is 2.27. The number of carbonyl (C=O) groups is 1. The molecule has 0 saturated carbocycles. The number of thiophene rings is 1. The third kappa shape index (κ3) is 5.26. The van der Waals surface area contributed by atoms with Gasteiger partial charge in [0.15, 0.2) is 0 Å². The largest absolute Gasteiger partial charge is 0.356 e. The first-order chi connectivity index (χ1) is 16.6. The van der Waals surface area contributed by atoms with Gasteiger partial charge in [0.1, 0.15) is 17.0 Å². The molecule has 0 aliphatic carbocycles. The Labute approximate surface area is 206 Å². The predicted octanol–water partition coefficient (Wildman–Crippen LogP) is 5.34. The monoisotopic (exact) mass is 477 g/mol. The summed E-state index contributed by atoms with van der Waals surface area (Å²) in [5.41, 5.74) is 2.21. The zero-order valence-electron chi connectivity index (χ0n) is 20.3. The number of nitrogens with zero attached hydrogens (tertiary/aromatic N) is 4. The van der Waals surface area contributed by atoms with Crippen molar-refractivity contribution in [1.82, 2.24) is 14.9 Å². The van der Waals surface area contributed by atoms with Crippen molar-refractivity contribution in [3.63, 3.8) is 0 Å². The van der Waals surface area contributed by atoms with Crippen LogP contribution in [0.5, 0.6) is 0 Å². The van der Waals surface area contributed by atoms with Gasteiger partial charge in [0.25, 0.3) is 0 Å².